The minimum atomic E-state index is 0.0837. The van der Waals surface area contributed by atoms with Crippen molar-refractivity contribution in [2.24, 2.45) is 0 Å². The molecular weight excluding hydrogens is 294 g/mol. The molecule has 2 heterocycles. The van der Waals surface area contributed by atoms with Gasteiger partial charge in [-0.2, -0.15) is 0 Å². The van der Waals surface area contributed by atoms with E-state index in [0.717, 1.165) is 41.3 Å². The second-order valence-electron chi connectivity index (χ2n) is 7.14. The number of nitrogens with zero attached hydrogens (tertiary/aromatic N) is 3. The van der Waals surface area contributed by atoms with Crippen LogP contribution in [-0.2, 0) is 11.8 Å². The van der Waals surface area contributed by atoms with Crippen LogP contribution in [0.2, 0.25) is 0 Å². The number of aryl methyl sites for hydroxylation is 1. The van der Waals surface area contributed by atoms with Gasteiger partial charge in [-0.25, -0.2) is 15.0 Å². The standard InChI is InChI=1S/C21H21N3/c1-14-8-7-11-17(22-14)20-23-18(15-9-5-4-6-10-15)16-12-13-21(2,3)19(16)24-20/h4-11H,12-13H2,1-3H3. The van der Waals surface area contributed by atoms with Crippen LogP contribution in [0.5, 0.6) is 0 Å². The average molecular weight is 315 g/mol. The van der Waals surface area contributed by atoms with Crippen LogP contribution in [0.15, 0.2) is 48.5 Å². The van der Waals surface area contributed by atoms with Crippen LogP contribution in [0.1, 0.15) is 37.2 Å². The monoisotopic (exact) mass is 315 g/mol. The molecule has 0 atom stereocenters. The molecule has 1 aliphatic carbocycles. The zero-order chi connectivity index (χ0) is 16.7. The third-order valence-corrected chi connectivity index (χ3v) is 4.81. The van der Waals surface area contributed by atoms with Gasteiger partial charge >= 0.3 is 0 Å². The van der Waals surface area contributed by atoms with Crippen molar-refractivity contribution in [3.63, 3.8) is 0 Å². The Morgan fingerprint density at radius 3 is 2.42 bits per heavy atom. The smallest absolute Gasteiger partial charge is 0.179 e. The molecule has 0 saturated heterocycles. The summed E-state index contributed by atoms with van der Waals surface area (Å²) in [4.78, 5) is 14.5. The molecule has 0 N–H and O–H groups in total. The fourth-order valence-electron chi connectivity index (χ4n) is 3.45. The number of benzene rings is 1. The highest BCUT2D eigenvalue weighted by Gasteiger charge is 2.34. The third-order valence-electron chi connectivity index (χ3n) is 4.81. The Kier molecular flexibility index (Phi) is 3.45. The fraction of sp³-hybridized carbons (Fsp3) is 0.286. The summed E-state index contributed by atoms with van der Waals surface area (Å²) < 4.78 is 0. The predicted octanol–water partition coefficient (Wildman–Crippen LogP) is 4.74. The summed E-state index contributed by atoms with van der Waals surface area (Å²) in [5.74, 6) is 0.728. The first-order valence-corrected chi connectivity index (χ1v) is 8.45. The molecule has 0 amide bonds. The van der Waals surface area contributed by atoms with Gasteiger partial charge < -0.3 is 0 Å². The van der Waals surface area contributed by atoms with E-state index in [4.69, 9.17) is 9.97 Å². The predicted molar refractivity (Wildman–Crippen MR) is 96.8 cm³/mol. The van der Waals surface area contributed by atoms with Gasteiger partial charge in [0.15, 0.2) is 5.82 Å². The van der Waals surface area contributed by atoms with Gasteiger partial charge in [0.05, 0.1) is 11.4 Å². The summed E-state index contributed by atoms with van der Waals surface area (Å²) in [6, 6.07) is 16.4. The zero-order valence-corrected chi connectivity index (χ0v) is 14.4. The Hall–Kier alpha value is -2.55. The maximum atomic E-state index is 4.93. The number of aromatic nitrogens is 3. The van der Waals surface area contributed by atoms with Crippen LogP contribution in [-0.4, -0.2) is 15.0 Å². The van der Waals surface area contributed by atoms with Gasteiger partial charge in [0, 0.05) is 22.2 Å². The topological polar surface area (TPSA) is 38.7 Å². The van der Waals surface area contributed by atoms with Gasteiger partial charge in [-0.05, 0) is 31.9 Å². The highest BCUT2D eigenvalue weighted by molar-refractivity contribution is 5.68. The van der Waals surface area contributed by atoms with Crippen LogP contribution in [0, 0.1) is 6.92 Å². The molecule has 3 aromatic rings. The molecule has 0 radical (unpaired) electrons. The summed E-state index contributed by atoms with van der Waals surface area (Å²) in [6.07, 6.45) is 2.15. The lowest BCUT2D eigenvalue weighted by atomic mass is 9.90. The minimum absolute atomic E-state index is 0.0837. The van der Waals surface area contributed by atoms with Crippen LogP contribution < -0.4 is 0 Å². The van der Waals surface area contributed by atoms with Crippen LogP contribution in [0.4, 0.5) is 0 Å². The highest BCUT2D eigenvalue weighted by atomic mass is 14.9. The maximum Gasteiger partial charge on any atom is 0.179 e. The van der Waals surface area contributed by atoms with Crippen molar-refractivity contribution in [1.29, 1.82) is 0 Å². The van der Waals surface area contributed by atoms with Gasteiger partial charge in [-0.3, -0.25) is 0 Å². The van der Waals surface area contributed by atoms with Crippen LogP contribution in [0.25, 0.3) is 22.8 Å². The van der Waals surface area contributed by atoms with Crippen molar-refractivity contribution in [3.8, 4) is 22.8 Å². The van der Waals surface area contributed by atoms with Gasteiger partial charge in [-0.1, -0.05) is 50.2 Å². The quantitative estimate of drug-likeness (QED) is 0.685. The molecule has 1 aliphatic rings. The summed E-state index contributed by atoms with van der Waals surface area (Å²) in [5.41, 5.74) is 6.60. The average Bonchev–Trinajstić information content (AvgIpc) is 2.90. The lowest BCUT2D eigenvalue weighted by Gasteiger charge is -2.19. The van der Waals surface area contributed by atoms with Crippen molar-refractivity contribution in [2.75, 3.05) is 0 Å². The minimum Gasteiger partial charge on any atom is -0.250 e. The van der Waals surface area contributed by atoms with E-state index < -0.39 is 0 Å². The second-order valence-corrected chi connectivity index (χ2v) is 7.14. The zero-order valence-electron chi connectivity index (χ0n) is 14.4. The van der Waals surface area contributed by atoms with Gasteiger partial charge in [0.25, 0.3) is 0 Å². The molecule has 0 unspecified atom stereocenters. The molecule has 3 nitrogen and oxygen atoms in total. The largest absolute Gasteiger partial charge is 0.250 e. The third kappa shape index (κ3) is 2.50. The molecule has 24 heavy (non-hydrogen) atoms. The molecule has 0 fully saturated rings. The van der Waals surface area contributed by atoms with E-state index in [1.165, 1.54) is 11.3 Å². The summed E-state index contributed by atoms with van der Waals surface area (Å²) in [7, 11) is 0. The molecule has 0 aliphatic heterocycles. The molecule has 2 aromatic heterocycles. The number of rotatable bonds is 2. The Balaban J connectivity index is 1.97. The van der Waals surface area contributed by atoms with E-state index in [2.05, 4.69) is 43.1 Å². The van der Waals surface area contributed by atoms with Crippen molar-refractivity contribution in [3.05, 3.63) is 65.5 Å². The van der Waals surface area contributed by atoms with Crippen molar-refractivity contribution in [1.82, 2.24) is 15.0 Å². The lowest BCUT2D eigenvalue weighted by Crippen LogP contribution is -2.15. The molecule has 0 bridgehead atoms. The molecule has 0 saturated carbocycles. The Morgan fingerprint density at radius 1 is 0.875 bits per heavy atom. The Morgan fingerprint density at radius 2 is 1.67 bits per heavy atom. The molecule has 120 valence electrons. The van der Waals surface area contributed by atoms with E-state index in [1.807, 2.05) is 31.2 Å². The van der Waals surface area contributed by atoms with E-state index >= 15 is 0 Å². The first-order chi connectivity index (χ1) is 11.5. The Bertz CT molecular complexity index is 898. The lowest BCUT2D eigenvalue weighted by molar-refractivity contribution is 0.509. The molecule has 1 aromatic carbocycles. The maximum absolute atomic E-state index is 4.93. The van der Waals surface area contributed by atoms with Crippen molar-refractivity contribution < 1.29 is 0 Å². The fourth-order valence-corrected chi connectivity index (χ4v) is 3.45. The molecule has 0 spiro atoms. The molecule has 4 rings (SSSR count). The highest BCUT2D eigenvalue weighted by Crippen LogP contribution is 2.41. The van der Waals surface area contributed by atoms with E-state index in [0.29, 0.717) is 0 Å². The second kappa shape index (κ2) is 5.52. The van der Waals surface area contributed by atoms with Crippen molar-refractivity contribution >= 4 is 0 Å². The van der Waals surface area contributed by atoms with E-state index in [9.17, 15) is 0 Å². The summed E-state index contributed by atoms with van der Waals surface area (Å²) >= 11 is 0. The number of hydrogen-bond acceptors (Lipinski definition) is 3. The molecular formula is C21H21N3. The number of pyridine rings is 1. The van der Waals surface area contributed by atoms with E-state index in [1.54, 1.807) is 0 Å². The summed E-state index contributed by atoms with van der Waals surface area (Å²) in [5, 5.41) is 0. The van der Waals surface area contributed by atoms with Gasteiger partial charge in [0.2, 0.25) is 0 Å². The number of fused-ring (bicyclic) bond motifs is 1. The van der Waals surface area contributed by atoms with Gasteiger partial charge in [-0.15, -0.1) is 0 Å². The molecule has 3 heteroatoms. The first-order valence-electron chi connectivity index (χ1n) is 8.45. The first kappa shape index (κ1) is 15.0. The number of hydrogen-bond donors (Lipinski definition) is 0. The SMILES string of the molecule is Cc1cccc(-c2nc(-c3ccccc3)c3c(n2)C(C)(C)CC3)n1. The van der Waals surface area contributed by atoms with Crippen LogP contribution in [0.3, 0.4) is 0 Å². The van der Waals surface area contributed by atoms with Crippen LogP contribution >= 0.6 is 0 Å². The van der Waals surface area contributed by atoms with E-state index in [-0.39, 0.29) is 5.41 Å². The van der Waals surface area contributed by atoms with Crippen molar-refractivity contribution in [2.45, 2.75) is 39.0 Å². The summed E-state index contributed by atoms with van der Waals surface area (Å²) in [6.45, 7) is 6.54. The normalized spacial score (nSPS) is 15.3. The Labute approximate surface area is 142 Å². The van der Waals surface area contributed by atoms with Gasteiger partial charge in [0.1, 0.15) is 5.69 Å².